The first-order valence-corrected chi connectivity index (χ1v) is 7.69. The van der Waals surface area contributed by atoms with Gasteiger partial charge < -0.3 is 5.32 Å². The van der Waals surface area contributed by atoms with E-state index in [0.717, 1.165) is 24.9 Å². The number of hydrogen-bond acceptors (Lipinski definition) is 1. The van der Waals surface area contributed by atoms with Crippen LogP contribution in [0.15, 0.2) is 40.9 Å². The second kappa shape index (κ2) is 6.05. The minimum Gasteiger partial charge on any atom is -0.321 e. The Labute approximate surface area is 134 Å². The highest BCUT2D eigenvalue weighted by Gasteiger charge is 2.12. The van der Waals surface area contributed by atoms with Crippen molar-refractivity contribution >= 4 is 50.1 Å². The van der Waals surface area contributed by atoms with Crippen molar-refractivity contribution in [2.45, 2.75) is 13.8 Å². The number of halogens is 2. The molecule has 19 heavy (non-hydrogen) atoms. The molecule has 0 spiro atoms. The normalized spacial score (nSPS) is 10.3. The highest BCUT2D eigenvalue weighted by atomic mass is 127. The third-order valence-electron chi connectivity index (χ3n) is 2.81. The lowest BCUT2D eigenvalue weighted by molar-refractivity contribution is 0.102. The smallest absolute Gasteiger partial charge is 0.256 e. The van der Waals surface area contributed by atoms with Crippen LogP contribution in [0.2, 0.25) is 0 Å². The number of nitrogens with one attached hydrogen (secondary N) is 1. The number of carbonyl (C=O) groups is 1. The summed E-state index contributed by atoms with van der Waals surface area (Å²) in [6.07, 6.45) is 0. The molecule has 2 aromatic carbocycles. The highest BCUT2D eigenvalue weighted by molar-refractivity contribution is 14.1. The minimum atomic E-state index is -0.0839. The molecule has 0 atom stereocenters. The fraction of sp³-hybridized carbons (Fsp3) is 0.133. The summed E-state index contributed by atoms with van der Waals surface area (Å²) < 4.78 is 1.87. The third kappa shape index (κ3) is 3.36. The van der Waals surface area contributed by atoms with E-state index in [4.69, 9.17) is 0 Å². The number of rotatable bonds is 2. The molecule has 1 N–H and O–H groups in total. The molecule has 1 amide bonds. The molecule has 0 bridgehead atoms. The Morgan fingerprint density at radius 2 is 1.95 bits per heavy atom. The lowest BCUT2D eigenvalue weighted by atomic mass is 10.1. The maximum atomic E-state index is 12.3. The van der Waals surface area contributed by atoms with E-state index in [1.54, 1.807) is 0 Å². The third-order valence-corrected chi connectivity index (χ3v) is 4.93. The fourth-order valence-electron chi connectivity index (χ4n) is 1.75. The summed E-state index contributed by atoms with van der Waals surface area (Å²) >= 11 is 5.65. The molecule has 0 saturated carbocycles. The Kier molecular flexibility index (Phi) is 4.62. The van der Waals surface area contributed by atoms with Gasteiger partial charge in [-0.05, 0) is 81.7 Å². The van der Waals surface area contributed by atoms with Gasteiger partial charge in [0.05, 0.1) is 11.3 Å². The Bertz CT molecular complexity index is 640. The number of hydrogen-bond donors (Lipinski definition) is 1. The average Bonchev–Trinajstić information content (AvgIpc) is 2.37. The molecule has 0 heterocycles. The van der Waals surface area contributed by atoms with Gasteiger partial charge in [-0.15, -0.1) is 0 Å². The van der Waals surface area contributed by atoms with Gasteiger partial charge in [0.25, 0.3) is 5.91 Å². The van der Waals surface area contributed by atoms with Crippen molar-refractivity contribution in [2.75, 3.05) is 5.32 Å². The van der Waals surface area contributed by atoms with Gasteiger partial charge in [-0.1, -0.05) is 18.2 Å². The van der Waals surface area contributed by atoms with Gasteiger partial charge in [0.2, 0.25) is 0 Å². The second-order valence-electron chi connectivity index (χ2n) is 4.37. The van der Waals surface area contributed by atoms with Crippen LogP contribution in [-0.4, -0.2) is 5.91 Å². The Hall–Kier alpha value is -0.880. The summed E-state index contributed by atoms with van der Waals surface area (Å²) in [7, 11) is 0. The number of aryl methyl sites for hydroxylation is 2. The molecule has 0 aromatic heterocycles. The molecule has 2 aromatic rings. The first kappa shape index (κ1) is 14.5. The molecule has 0 aliphatic carbocycles. The minimum absolute atomic E-state index is 0.0839. The van der Waals surface area contributed by atoms with Crippen LogP contribution in [-0.2, 0) is 0 Å². The van der Waals surface area contributed by atoms with E-state index in [1.165, 1.54) is 0 Å². The topological polar surface area (TPSA) is 29.1 Å². The first-order valence-electron chi connectivity index (χ1n) is 5.81. The van der Waals surface area contributed by atoms with Crippen molar-refractivity contribution < 1.29 is 4.79 Å². The van der Waals surface area contributed by atoms with Crippen molar-refractivity contribution in [2.24, 2.45) is 0 Å². The zero-order chi connectivity index (χ0) is 14.0. The SMILES string of the molecule is Cc1ccc(Br)c(NC(=O)c2cccc(C)c2I)c1. The molecular weight excluding hydrogens is 417 g/mol. The van der Waals surface area contributed by atoms with Crippen molar-refractivity contribution in [1.29, 1.82) is 0 Å². The first-order chi connectivity index (χ1) is 8.99. The summed E-state index contributed by atoms with van der Waals surface area (Å²) in [6.45, 7) is 4.00. The largest absolute Gasteiger partial charge is 0.321 e. The predicted molar refractivity (Wildman–Crippen MR) is 90.7 cm³/mol. The van der Waals surface area contributed by atoms with Gasteiger partial charge in [-0.3, -0.25) is 4.79 Å². The monoisotopic (exact) mass is 429 g/mol. The molecule has 0 fully saturated rings. The molecule has 98 valence electrons. The summed E-state index contributed by atoms with van der Waals surface area (Å²) in [4.78, 5) is 12.3. The Morgan fingerprint density at radius 1 is 1.21 bits per heavy atom. The van der Waals surface area contributed by atoms with Crippen molar-refractivity contribution in [1.82, 2.24) is 0 Å². The highest BCUT2D eigenvalue weighted by Crippen LogP contribution is 2.25. The van der Waals surface area contributed by atoms with E-state index >= 15 is 0 Å². The van der Waals surface area contributed by atoms with Crippen molar-refractivity contribution in [3.8, 4) is 0 Å². The standard InChI is InChI=1S/C15H13BrINO/c1-9-6-7-12(16)13(8-9)18-15(19)11-5-3-4-10(2)14(11)17/h3-8H,1-2H3,(H,18,19). The van der Waals surface area contributed by atoms with Crippen LogP contribution in [0.3, 0.4) is 0 Å². The van der Waals surface area contributed by atoms with Crippen LogP contribution < -0.4 is 5.32 Å². The number of amides is 1. The fourth-order valence-corrected chi connectivity index (χ4v) is 2.70. The average molecular weight is 430 g/mol. The lowest BCUT2D eigenvalue weighted by Gasteiger charge is -2.10. The maximum absolute atomic E-state index is 12.3. The zero-order valence-electron chi connectivity index (χ0n) is 10.6. The zero-order valence-corrected chi connectivity index (χ0v) is 14.4. The molecule has 2 rings (SSSR count). The van der Waals surface area contributed by atoms with Gasteiger partial charge in [-0.25, -0.2) is 0 Å². The summed E-state index contributed by atoms with van der Waals surface area (Å²) in [5.74, 6) is -0.0839. The Morgan fingerprint density at radius 3 is 2.68 bits per heavy atom. The van der Waals surface area contributed by atoms with Crippen LogP contribution in [0.4, 0.5) is 5.69 Å². The molecule has 0 aliphatic heterocycles. The van der Waals surface area contributed by atoms with E-state index in [1.807, 2.05) is 50.2 Å². The quantitative estimate of drug-likeness (QED) is 0.674. The van der Waals surface area contributed by atoms with Crippen LogP contribution >= 0.6 is 38.5 Å². The van der Waals surface area contributed by atoms with Crippen LogP contribution in [0.5, 0.6) is 0 Å². The van der Waals surface area contributed by atoms with E-state index in [2.05, 4.69) is 43.8 Å². The number of anilines is 1. The molecule has 0 saturated heterocycles. The summed E-state index contributed by atoms with van der Waals surface area (Å²) in [5.41, 5.74) is 3.71. The van der Waals surface area contributed by atoms with Crippen LogP contribution in [0, 0.1) is 17.4 Å². The van der Waals surface area contributed by atoms with E-state index in [9.17, 15) is 4.79 Å². The number of carbonyl (C=O) groups excluding carboxylic acids is 1. The molecular formula is C15H13BrINO. The molecule has 0 unspecified atom stereocenters. The van der Waals surface area contributed by atoms with Crippen LogP contribution in [0.25, 0.3) is 0 Å². The van der Waals surface area contributed by atoms with E-state index in [-0.39, 0.29) is 5.91 Å². The lowest BCUT2D eigenvalue weighted by Crippen LogP contribution is -2.14. The molecule has 4 heteroatoms. The van der Waals surface area contributed by atoms with E-state index in [0.29, 0.717) is 5.56 Å². The second-order valence-corrected chi connectivity index (χ2v) is 6.31. The number of benzene rings is 2. The molecule has 2 nitrogen and oxygen atoms in total. The summed E-state index contributed by atoms with van der Waals surface area (Å²) in [6, 6.07) is 11.6. The molecule has 0 radical (unpaired) electrons. The van der Waals surface area contributed by atoms with Crippen molar-refractivity contribution in [3.05, 3.63) is 61.1 Å². The van der Waals surface area contributed by atoms with Crippen molar-refractivity contribution in [3.63, 3.8) is 0 Å². The van der Waals surface area contributed by atoms with Gasteiger partial charge in [0.1, 0.15) is 0 Å². The van der Waals surface area contributed by atoms with E-state index < -0.39 is 0 Å². The summed E-state index contributed by atoms with van der Waals surface area (Å²) in [5, 5.41) is 2.94. The molecule has 0 aliphatic rings. The Balaban J connectivity index is 2.31. The van der Waals surface area contributed by atoms with Gasteiger partial charge in [0.15, 0.2) is 0 Å². The maximum Gasteiger partial charge on any atom is 0.256 e. The van der Waals surface area contributed by atoms with Crippen LogP contribution in [0.1, 0.15) is 21.5 Å². The van der Waals surface area contributed by atoms with Gasteiger partial charge >= 0.3 is 0 Å². The predicted octanol–water partition coefficient (Wildman–Crippen LogP) is 4.92. The van der Waals surface area contributed by atoms with Gasteiger partial charge in [-0.2, -0.15) is 0 Å². The van der Waals surface area contributed by atoms with Gasteiger partial charge in [0, 0.05) is 8.04 Å².